The van der Waals surface area contributed by atoms with Gasteiger partial charge in [-0.25, -0.2) is 0 Å². The minimum absolute atomic E-state index is 0.0510. The van der Waals surface area contributed by atoms with Gasteiger partial charge in [0.25, 0.3) is 5.03 Å². The van der Waals surface area contributed by atoms with Crippen molar-refractivity contribution in [3.63, 3.8) is 0 Å². The number of aromatic nitrogens is 1. The van der Waals surface area contributed by atoms with Crippen molar-refractivity contribution >= 4 is 17.5 Å². The van der Waals surface area contributed by atoms with Gasteiger partial charge < -0.3 is 5.21 Å². The first-order chi connectivity index (χ1) is 9.08. The molecule has 0 fully saturated rings. The topological polar surface area (TPSA) is 44.0 Å². The molecule has 0 bridgehead atoms. The zero-order valence-electron chi connectivity index (χ0n) is 10.9. The number of ketones is 1. The summed E-state index contributed by atoms with van der Waals surface area (Å²) in [5.41, 5.74) is 2.78. The number of benzene rings is 1. The minimum Gasteiger partial charge on any atom is -0.618 e. The Balaban J connectivity index is 2.10. The van der Waals surface area contributed by atoms with Crippen LogP contribution in [0.2, 0.25) is 0 Å². The van der Waals surface area contributed by atoms with Crippen LogP contribution in [-0.2, 0) is 0 Å². The molecule has 0 saturated heterocycles. The first-order valence-electron chi connectivity index (χ1n) is 5.99. The summed E-state index contributed by atoms with van der Waals surface area (Å²) < 4.78 is 0.779. The Bertz CT molecular complexity index is 611. The van der Waals surface area contributed by atoms with Gasteiger partial charge in [0.05, 0.1) is 5.75 Å². The van der Waals surface area contributed by atoms with E-state index < -0.39 is 0 Å². The molecule has 0 aliphatic heterocycles. The molecule has 2 aromatic rings. The van der Waals surface area contributed by atoms with Crippen molar-refractivity contribution in [3.05, 3.63) is 64.5 Å². The van der Waals surface area contributed by atoms with E-state index in [1.54, 1.807) is 18.2 Å². The van der Waals surface area contributed by atoms with E-state index in [-0.39, 0.29) is 11.5 Å². The molecule has 0 unspecified atom stereocenters. The normalized spacial score (nSPS) is 10.4. The molecule has 98 valence electrons. The van der Waals surface area contributed by atoms with Gasteiger partial charge in [-0.15, -0.1) is 0 Å². The SMILES string of the molecule is Cc1ccc(C)c(C(=O)CSc2cccc[n+]2[O-])c1. The van der Waals surface area contributed by atoms with Crippen LogP contribution in [0.25, 0.3) is 0 Å². The van der Waals surface area contributed by atoms with Gasteiger partial charge in [0.2, 0.25) is 0 Å². The number of hydrogen-bond acceptors (Lipinski definition) is 3. The Labute approximate surface area is 116 Å². The largest absolute Gasteiger partial charge is 0.618 e. The van der Waals surface area contributed by atoms with Gasteiger partial charge in [-0.3, -0.25) is 4.79 Å². The van der Waals surface area contributed by atoms with E-state index in [0.29, 0.717) is 5.03 Å². The number of aryl methyl sites for hydroxylation is 2. The third-order valence-corrected chi connectivity index (χ3v) is 3.85. The molecule has 1 aromatic heterocycles. The monoisotopic (exact) mass is 273 g/mol. The Morgan fingerprint density at radius 1 is 1.26 bits per heavy atom. The van der Waals surface area contributed by atoms with E-state index in [1.807, 2.05) is 32.0 Å². The number of Topliss-reactive ketones (excluding diaryl/α,β-unsaturated/α-hetero) is 1. The van der Waals surface area contributed by atoms with Gasteiger partial charge in [0, 0.05) is 17.7 Å². The van der Waals surface area contributed by atoms with E-state index in [1.165, 1.54) is 18.0 Å². The van der Waals surface area contributed by atoms with E-state index >= 15 is 0 Å². The number of carbonyl (C=O) groups is 1. The first-order valence-corrected chi connectivity index (χ1v) is 6.98. The Morgan fingerprint density at radius 2 is 2.05 bits per heavy atom. The van der Waals surface area contributed by atoms with Crippen molar-refractivity contribution in [3.8, 4) is 0 Å². The second kappa shape index (κ2) is 5.89. The summed E-state index contributed by atoms with van der Waals surface area (Å²) in [4.78, 5) is 12.2. The van der Waals surface area contributed by atoms with Crippen molar-refractivity contribution in [2.45, 2.75) is 18.9 Å². The molecule has 0 amide bonds. The van der Waals surface area contributed by atoms with Crippen molar-refractivity contribution in [2.75, 3.05) is 5.75 Å². The lowest BCUT2D eigenvalue weighted by Crippen LogP contribution is -2.28. The lowest BCUT2D eigenvalue weighted by atomic mass is 10.0. The summed E-state index contributed by atoms with van der Waals surface area (Å²) in [6, 6.07) is 11.0. The fraction of sp³-hybridized carbons (Fsp3) is 0.200. The molecule has 0 N–H and O–H groups in total. The molecule has 1 heterocycles. The number of thioether (sulfide) groups is 1. The van der Waals surface area contributed by atoms with Gasteiger partial charge in [-0.2, -0.15) is 4.73 Å². The molecule has 4 heteroatoms. The number of pyridine rings is 1. The molecule has 3 nitrogen and oxygen atoms in total. The van der Waals surface area contributed by atoms with Crippen molar-refractivity contribution in [1.82, 2.24) is 0 Å². The van der Waals surface area contributed by atoms with Gasteiger partial charge in [-0.1, -0.05) is 17.7 Å². The predicted molar refractivity (Wildman–Crippen MR) is 76.4 cm³/mol. The third kappa shape index (κ3) is 3.35. The standard InChI is InChI=1S/C15H15NO2S/c1-11-6-7-12(2)13(9-11)14(17)10-19-15-5-3-4-8-16(15)18/h3-9H,10H2,1-2H3. The second-order valence-electron chi connectivity index (χ2n) is 4.39. The molecular formula is C15H15NO2S. The van der Waals surface area contributed by atoms with Crippen molar-refractivity contribution < 1.29 is 9.52 Å². The highest BCUT2D eigenvalue weighted by Crippen LogP contribution is 2.17. The third-order valence-electron chi connectivity index (χ3n) is 2.83. The van der Waals surface area contributed by atoms with Crippen molar-refractivity contribution in [2.24, 2.45) is 0 Å². The molecule has 0 aliphatic carbocycles. The Hall–Kier alpha value is -1.81. The number of rotatable bonds is 4. The highest BCUT2D eigenvalue weighted by molar-refractivity contribution is 7.99. The molecule has 19 heavy (non-hydrogen) atoms. The number of carbonyl (C=O) groups excluding carboxylic acids is 1. The van der Waals surface area contributed by atoms with Gasteiger partial charge in [0.1, 0.15) is 0 Å². The van der Waals surface area contributed by atoms with E-state index in [2.05, 4.69) is 0 Å². The van der Waals surface area contributed by atoms with Crippen LogP contribution < -0.4 is 4.73 Å². The summed E-state index contributed by atoms with van der Waals surface area (Å²) in [5, 5.41) is 12.0. The smallest absolute Gasteiger partial charge is 0.251 e. The van der Waals surface area contributed by atoms with Crippen LogP contribution in [-0.4, -0.2) is 11.5 Å². The van der Waals surface area contributed by atoms with Crippen LogP contribution in [0, 0.1) is 19.1 Å². The fourth-order valence-electron chi connectivity index (χ4n) is 1.78. The van der Waals surface area contributed by atoms with Gasteiger partial charge in [-0.05, 0) is 43.3 Å². The predicted octanol–water partition coefficient (Wildman–Crippen LogP) is 2.91. The lowest BCUT2D eigenvalue weighted by molar-refractivity contribution is -0.645. The van der Waals surface area contributed by atoms with E-state index in [9.17, 15) is 10.0 Å². The molecule has 0 spiro atoms. The molecule has 1 aromatic carbocycles. The summed E-state index contributed by atoms with van der Waals surface area (Å²) in [7, 11) is 0. The van der Waals surface area contributed by atoms with Crippen LogP contribution in [0.1, 0.15) is 21.5 Å². The van der Waals surface area contributed by atoms with E-state index in [0.717, 1.165) is 21.4 Å². The molecule has 0 radical (unpaired) electrons. The fourth-order valence-corrected chi connectivity index (χ4v) is 2.58. The Kier molecular flexibility index (Phi) is 4.22. The van der Waals surface area contributed by atoms with Crippen molar-refractivity contribution in [1.29, 1.82) is 0 Å². The summed E-state index contributed by atoms with van der Waals surface area (Å²) in [6.07, 6.45) is 1.44. The first kappa shape index (κ1) is 13.6. The zero-order chi connectivity index (χ0) is 13.8. The highest BCUT2D eigenvalue weighted by Gasteiger charge is 2.12. The second-order valence-corrected chi connectivity index (χ2v) is 5.39. The maximum atomic E-state index is 12.2. The van der Waals surface area contributed by atoms with Crippen LogP contribution in [0.5, 0.6) is 0 Å². The molecular weight excluding hydrogens is 258 g/mol. The molecule has 0 atom stereocenters. The average molecular weight is 273 g/mol. The minimum atomic E-state index is 0.0510. The molecule has 0 aliphatic rings. The summed E-state index contributed by atoms with van der Waals surface area (Å²) in [5.74, 6) is 0.325. The van der Waals surface area contributed by atoms with Crippen LogP contribution in [0.15, 0.2) is 47.6 Å². The van der Waals surface area contributed by atoms with Crippen LogP contribution in [0.4, 0.5) is 0 Å². The summed E-state index contributed by atoms with van der Waals surface area (Å²) in [6.45, 7) is 3.89. The lowest BCUT2D eigenvalue weighted by Gasteiger charge is -2.06. The quantitative estimate of drug-likeness (QED) is 0.372. The van der Waals surface area contributed by atoms with Gasteiger partial charge >= 0.3 is 0 Å². The zero-order valence-corrected chi connectivity index (χ0v) is 11.7. The molecule has 0 saturated carbocycles. The highest BCUT2D eigenvalue weighted by atomic mass is 32.2. The number of hydrogen-bond donors (Lipinski definition) is 0. The molecule has 2 rings (SSSR count). The van der Waals surface area contributed by atoms with Crippen LogP contribution in [0.3, 0.4) is 0 Å². The summed E-state index contributed by atoms with van der Waals surface area (Å²) >= 11 is 1.27. The van der Waals surface area contributed by atoms with Crippen LogP contribution >= 0.6 is 11.8 Å². The maximum Gasteiger partial charge on any atom is 0.251 e. The van der Waals surface area contributed by atoms with E-state index in [4.69, 9.17) is 0 Å². The number of nitrogens with zero attached hydrogens (tertiary/aromatic N) is 1. The average Bonchev–Trinajstić information content (AvgIpc) is 2.40. The van der Waals surface area contributed by atoms with Gasteiger partial charge in [0.15, 0.2) is 12.0 Å². The maximum absolute atomic E-state index is 12.2. The Morgan fingerprint density at radius 3 is 2.79 bits per heavy atom.